The molecule has 0 bridgehead atoms. The van der Waals surface area contributed by atoms with Crippen LogP contribution < -0.4 is 10.8 Å². The summed E-state index contributed by atoms with van der Waals surface area (Å²) < 4.78 is 0. The third-order valence-electron chi connectivity index (χ3n) is 5.45. The van der Waals surface area contributed by atoms with Gasteiger partial charge in [-0.15, -0.1) is 0 Å². The van der Waals surface area contributed by atoms with E-state index in [1.165, 1.54) is 42.4 Å². The van der Waals surface area contributed by atoms with Crippen LogP contribution in [0.5, 0.6) is 0 Å². The molecule has 2 aromatic carbocycles. The van der Waals surface area contributed by atoms with Crippen molar-refractivity contribution in [1.29, 1.82) is 0 Å². The second-order valence-electron chi connectivity index (χ2n) is 8.42. The highest BCUT2D eigenvalue weighted by atomic mass is 16.4. The number of carbonyl (C=O) groups is 1. The van der Waals surface area contributed by atoms with Crippen molar-refractivity contribution in [2.75, 3.05) is 0 Å². The molecule has 0 amide bonds. The number of aliphatic carboxylic acids is 1. The largest absolute Gasteiger partial charge is 0.550 e. The lowest BCUT2D eigenvalue weighted by atomic mass is 9.99. The topological polar surface area (TPSA) is 88.0 Å². The Balaban J connectivity index is 0.000000311. The SMILES string of the molecule is CCCCCCCC[C@H](O)CCC(=O)[O-].Cc1ccc(C[C@H]([NH3+])c2ccccc2)cc1. The number of quaternary nitrogens is 1. The van der Waals surface area contributed by atoms with Crippen molar-refractivity contribution in [3.63, 3.8) is 0 Å². The average molecular weight is 428 g/mol. The molecule has 4 nitrogen and oxygen atoms in total. The molecule has 0 aliphatic heterocycles. The number of carboxylic acids is 1. The summed E-state index contributed by atoms with van der Waals surface area (Å²) in [5.41, 5.74) is 8.20. The van der Waals surface area contributed by atoms with Crippen LogP contribution in [-0.4, -0.2) is 17.2 Å². The summed E-state index contributed by atoms with van der Waals surface area (Å²) in [6, 6.07) is 19.5. The molecule has 0 aliphatic carbocycles. The van der Waals surface area contributed by atoms with Crippen LogP contribution in [0.25, 0.3) is 0 Å². The Kier molecular flexibility index (Phi) is 14.3. The Morgan fingerprint density at radius 2 is 1.55 bits per heavy atom. The van der Waals surface area contributed by atoms with Crippen LogP contribution in [0, 0.1) is 6.92 Å². The first-order valence-electron chi connectivity index (χ1n) is 11.7. The summed E-state index contributed by atoms with van der Waals surface area (Å²) >= 11 is 0. The van der Waals surface area contributed by atoms with Gasteiger partial charge in [-0.05, 0) is 31.7 Å². The van der Waals surface area contributed by atoms with Gasteiger partial charge < -0.3 is 20.7 Å². The zero-order valence-corrected chi connectivity index (χ0v) is 19.4. The molecule has 0 radical (unpaired) electrons. The third kappa shape index (κ3) is 13.7. The highest BCUT2D eigenvalue weighted by Gasteiger charge is 2.09. The summed E-state index contributed by atoms with van der Waals surface area (Å²) in [6.07, 6.45) is 8.72. The number of rotatable bonds is 13. The minimum atomic E-state index is -1.07. The van der Waals surface area contributed by atoms with Gasteiger partial charge in [0.1, 0.15) is 6.04 Å². The number of aryl methyl sites for hydroxylation is 1. The summed E-state index contributed by atoms with van der Waals surface area (Å²) in [6.45, 7) is 4.30. The lowest BCUT2D eigenvalue weighted by Crippen LogP contribution is -2.54. The zero-order chi connectivity index (χ0) is 22.9. The normalized spacial score (nSPS) is 12.5. The molecule has 0 saturated heterocycles. The molecule has 31 heavy (non-hydrogen) atoms. The fraction of sp³-hybridized carbons (Fsp3) is 0.519. The first-order chi connectivity index (χ1) is 14.9. The second-order valence-corrected chi connectivity index (χ2v) is 8.42. The Bertz CT molecular complexity index is 700. The maximum absolute atomic E-state index is 10.1. The predicted octanol–water partition coefficient (Wildman–Crippen LogP) is 4.15. The molecule has 2 atom stereocenters. The average Bonchev–Trinajstić information content (AvgIpc) is 2.77. The van der Waals surface area contributed by atoms with Crippen molar-refractivity contribution in [3.05, 3.63) is 71.3 Å². The Morgan fingerprint density at radius 1 is 0.935 bits per heavy atom. The van der Waals surface area contributed by atoms with Gasteiger partial charge in [-0.3, -0.25) is 0 Å². The van der Waals surface area contributed by atoms with Crippen LogP contribution in [0.1, 0.15) is 87.4 Å². The van der Waals surface area contributed by atoms with E-state index in [9.17, 15) is 15.0 Å². The molecule has 0 unspecified atom stereocenters. The third-order valence-corrected chi connectivity index (χ3v) is 5.45. The van der Waals surface area contributed by atoms with E-state index in [0.29, 0.717) is 12.5 Å². The van der Waals surface area contributed by atoms with E-state index >= 15 is 0 Å². The van der Waals surface area contributed by atoms with Crippen molar-refractivity contribution in [2.45, 2.75) is 90.2 Å². The van der Waals surface area contributed by atoms with E-state index < -0.39 is 12.1 Å². The summed E-state index contributed by atoms with van der Waals surface area (Å²) in [5, 5.41) is 19.5. The highest BCUT2D eigenvalue weighted by molar-refractivity contribution is 5.64. The Hall–Kier alpha value is -2.17. The Labute approximate surface area is 188 Å². The quantitative estimate of drug-likeness (QED) is 0.471. The van der Waals surface area contributed by atoms with Crippen LogP contribution >= 0.6 is 0 Å². The first kappa shape index (κ1) is 26.9. The molecule has 2 rings (SSSR count). The fourth-order valence-electron chi connectivity index (χ4n) is 3.44. The number of hydrogen-bond acceptors (Lipinski definition) is 3. The minimum absolute atomic E-state index is 0.0308. The number of carbonyl (C=O) groups excluding carboxylic acids is 1. The van der Waals surface area contributed by atoms with E-state index in [4.69, 9.17) is 0 Å². The first-order valence-corrected chi connectivity index (χ1v) is 11.7. The van der Waals surface area contributed by atoms with Gasteiger partial charge in [0.05, 0.1) is 6.10 Å². The molecule has 0 fully saturated rings. The molecular formula is C27H41NO3. The lowest BCUT2D eigenvalue weighted by Gasteiger charge is -2.10. The summed E-state index contributed by atoms with van der Waals surface area (Å²) in [4.78, 5) is 10.1. The number of aliphatic hydroxyl groups is 1. The molecule has 172 valence electrons. The summed E-state index contributed by atoms with van der Waals surface area (Å²) in [7, 11) is 0. The van der Waals surface area contributed by atoms with Crippen LogP contribution in [-0.2, 0) is 11.2 Å². The second kappa shape index (κ2) is 16.5. The summed E-state index contributed by atoms with van der Waals surface area (Å²) in [5.74, 6) is -1.07. The van der Waals surface area contributed by atoms with Gasteiger partial charge >= 0.3 is 0 Å². The van der Waals surface area contributed by atoms with E-state index in [0.717, 1.165) is 25.7 Å². The zero-order valence-electron chi connectivity index (χ0n) is 19.4. The number of unbranched alkanes of at least 4 members (excludes halogenated alkanes) is 5. The van der Waals surface area contributed by atoms with Gasteiger partial charge in [-0.1, -0.05) is 106 Å². The van der Waals surface area contributed by atoms with Crippen LogP contribution in [0.15, 0.2) is 54.6 Å². The van der Waals surface area contributed by atoms with Crippen molar-refractivity contribution in [1.82, 2.24) is 0 Å². The molecular weight excluding hydrogens is 386 g/mol. The van der Waals surface area contributed by atoms with Gasteiger partial charge in [0.2, 0.25) is 0 Å². The molecule has 0 spiro atoms. The van der Waals surface area contributed by atoms with Gasteiger partial charge in [-0.2, -0.15) is 0 Å². The standard InChI is InChI=1S/C15H17N.C12H24O3/c1-12-7-9-13(10-8-12)11-15(16)14-5-3-2-4-6-14;1-2-3-4-5-6-7-8-11(13)9-10-12(14)15/h2-10,15H,11,16H2,1H3;11,13H,2-10H2,1H3,(H,14,15)/t15-;11-/m00/s1. The number of aliphatic hydroxyl groups excluding tert-OH is 1. The number of hydrogen-bond donors (Lipinski definition) is 2. The van der Waals surface area contributed by atoms with Gasteiger partial charge in [0.15, 0.2) is 0 Å². The molecule has 0 aliphatic rings. The Morgan fingerprint density at radius 3 is 2.16 bits per heavy atom. The van der Waals surface area contributed by atoms with E-state index in [1.54, 1.807) is 0 Å². The van der Waals surface area contributed by atoms with Crippen LogP contribution in [0.2, 0.25) is 0 Å². The predicted molar refractivity (Wildman–Crippen MR) is 125 cm³/mol. The van der Waals surface area contributed by atoms with Crippen molar-refractivity contribution < 1.29 is 20.7 Å². The number of benzene rings is 2. The highest BCUT2D eigenvalue weighted by Crippen LogP contribution is 2.14. The molecule has 0 aromatic heterocycles. The molecule has 2 aromatic rings. The fourth-order valence-corrected chi connectivity index (χ4v) is 3.44. The molecule has 0 saturated carbocycles. The monoisotopic (exact) mass is 427 g/mol. The van der Waals surface area contributed by atoms with Crippen LogP contribution in [0.4, 0.5) is 0 Å². The minimum Gasteiger partial charge on any atom is -0.550 e. The maximum atomic E-state index is 10.1. The molecule has 4 N–H and O–H groups in total. The lowest BCUT2D eigenvalue weighted by molar-refractivity contribution is -0.426. The van der Waals surface area contributed by atoms with Gasteiger partial charge in [0, 0.05) is 18.0 Å². The van der Waals surface area contributed by atoms with Gasteiger partial charge in [-0.25, -0.2) is 0 Å². The van der Waals surface area contributed by atoms with Gasteiger partial charge in [0.25, 0.3) is 0 Å². The van der Waals surface area contributed by atoms with Crippen LogP contribution in [0.3, 0.4) is 0 Å². The van der Waals surface area contributed by atoms with Crippen molar-refractivity contribution in [2.24, 2.45) is 0 Å². The molecule has 4 heteroatoms. The van der Waals surface area contributed by atoms with E-state index in [1.807, 2.05) is 6.07 Å². The maximum Gasteiger partial charge on any atom is 0.114 e. The van der Waals surface area contributed by atoms with E-state index in [-0.39, 0.29) is 6.42 Å². The smallest absolute Gasteiger partial charge is 0.114 e. The van der Waals surface area contributed by atoms with Crippen molar-refractivity contribution >= 4 is 5.97 Å². The van der Waals surface area contributed by atoms with Crippen molar-refractivity contribution in [3.8, 4) is 0 Å². The number of carboxylic acid groups (broad SMARTS) is 1. The van der Waals surface area contributed by atoms with E-state index in [2.05, 4.69) is 68.1 Å². The molecule has 0 heterocycles.